The minimum atomic E-state index is 0.807. The number of nitrogens with zero attached hydrogens (tertiary/aromatic N) is 2. The number of hydrogen-bond acceptors (Lipinski definition) is 2. The van der Waals surface area contributed by atoms with Gasteiger partial charge in [0.1, 0.15) is 0 Å². The fourth-order valence-corrected chi connectivity index (χ4v) is 3.91. The minimum Gasteiger partial charge on any atom is -0.306 e. The van der Waals surface area contributed by atoms with Crippen LogP contribution in [0.4, 0.5) is 0 Å². The number of aromatic amines is 1. The van der Waals surface area contributed by atoms with Crippen LogP contribution in [-0.4, -0.2) is 35.2 Å². The number of aromatic nitrogens is 2. The fraction of sp³-hybridized carbons (Fsp3) is 0.471. The first-order valence-corrected chi connectivity index (χ1v) is 7.61. The molecule has 2 heterocycles. The summed E-state index contributed by atoms with van der Waals surface area (Å²) in [5, 5.41) is 7.91. The van der Waals surface area contributed by atoms with Crippen LogP contribution in [0.25, 0.3) is 11.3 Å². The van der Waals surface area contributed by atoms with E-state index in [1.807, 2.05) is 0 Å². The number of likely N-dealkylation sites (tertiary alicyclic amines) is 1. The Hall–Kier alpha value is -1.61. The molecule has 3 nitrogen and oxygen atoms in total. The van der Waals surface area contributed by atoms with Crippen molar-refractivity contribution in [1.82, 2.24) is 15.1 Å². The van der Waals surface area contributed by atoms with Crippen molar-refractivity contribution in [3.8, 4) is 11.3 Å². The third kappa shape index (κ3) is 1.97. The van der Waals surface area contributed by atoms with Crippen LogP contribution < -0.4 is 0 Å². The largest absolute Gasteiger partial charge is 0.306 e. The van der Waals surface area contributed by atoms with Crippen molar-refractivity contribution in [1.29, 1.82) is 0 Å². The van der Waals surface area contributed by atoms with Crippen molar-refractivity contribution in [2.45, 2.75) is 19.3 Å². The summed E-state index contributed by atoms with van der Waals surface area (Å²) in [5.41, 5.74) is 5.27. The van der Waals surface area contributed by atoms with E-state index in [4.69, 9.17) is 0 Å². The van der Waals surface area contributed by atoms with Gasteiger partial charge in [0.05, 0.1) is 5.69 Å². The Bertz CT molecular complexity index is 602. The van der Waals surface area contributed by atoms with Crippen molar-refractivity contribution in [3.63, 3.8) is 0 Å². The van der Waals surface area contributed by atoms with Gasteiger partial charge in [-0.3, -0.25) is 5.10 Å². The number of fused-ring (bicyclic) bond motifs is 2. The number of piperidine rings is 1. The van der Waals surface area contributed by atoms with Gasteiger partial charge in [0.25, 0.3) is 0 Å². The van der Waals surface area contributed by atoms with E-state index in [0.717, 1.165) is 11.8 Å². The molecule has 1 N–H and O–H groups in total. The van der Waals surface area contributed by atoms with E-state index in [-0.39, 0.29) is 0 Å². The standard InChI is InChI=1S/C17H21N3/c1-20-8-7-13-10-16-15(9-14(13)11-20)17(19-18-16)12-5-3-2-4-6-12/h2-6,13-14H,7-11H2,1H3,(H,18,19)/t13-,14+/m1/s1. The molecule has 2 atom stereocenters. The normalized spacial score (nSPS) is 26.1. The lowest BCUT2D eigenvalue weighted by atomic mass is 9.73. The molecule has 1 aromatic carbocycles. The number of nitrogens with one attached hydrogen (secondary N) is 1. The first-order chi connectivity index (χ1) is 9.81. The van der Waals surface area contributed by atoms with Gasteiger partial charge >= 0.3 is 0 Å². The molecule has 0 saturated carbocycles. The van der Waals surface area contributed by atoms with Crippen molar-refractivity contribution >= 4 is 0 Å². The number of rotatable bonds is 1. The van der Waals surface area contributed by atoms with Gasteiger partial charge in [-0.15, -0.1) is 0 Å². The summed E-state index contributed by atoms with van der Waals surface area (Å²) in [4.78, 5) is 2.48. The van der Waals surface area contributed by atoms with E-state index in [9.17, 15) is 0 Å². The first-order valence-electron chi connectivity index (χ1n) is 7.61. The van der Waals surface area contributed by atoms with Gasteiger partial charge in [0.2, 0.25) is 0 Å². The molecule has 0 spiro atoms. The Morgan fingerprint density at radius 1 is 1.15 bits per heavy atom. The van der Waals surface area contributed by atoms with Crippen LogP contribution in [0, 0.1) is 11.8 Å². The molecule has 2 aromatic rings. The molecule has 20 heavy (non-hydrogen) atoms. The van der Waals surface area contributed by atoms with Crippen molar-refractivity contribution < 1.29 is 0 Å². The number of hydrogen-bond donors (Lipinski definition) is 1. The zero-order valence-electron chi connectivity index (χ0n) is 12.0. The smallest absolute Gasteiger partial charge is 0.0955 e. The van der Waals surface area contributed by atoms with Gasteiger partial charge in [0, 0.05) is 23.4 Å². The predicted molar refractivity (Wildman–Crippen MR) is 80.5 cm³/mol. The molecule has 1 fully saturated rings. The highest BCUT2D eigenvalue weighted by atomic mass is 15.1. The average Bonchev–Trinajstić information content (AvgIpc) is 2.88. The molecule has 1 aromatic heterocycles. The van der Waals surface area contributed by atoms with Gasteiger partial charge < -0.3 is 4.90 Å². The lowest BCUT2D eigenvalue weighted by Crippen LogP contribution is -2.41. The zero-order valence-corrected chi connectivity index (χ0v) is 12.0. The van der Waals surface area contributed by atoms with Gasteiger partial charge in [0.15, 0.2) is 0 Å². The number of H-pyrrole nitrogens is 1. The quantitative estimate of drug-likeness (QED) is 0.861. The number of benzene rings is 1. The molecule has 0 bridgehead atoms. The van der Waals surface area contributed by atoms with Gasteiger partial charge in [-0.05, 0) is 44.7 Å². The fourth-order valence-electron chi connectivity index (χ4n) is 3.91. The molecular weight excluding hydrogens is 246 g/mol. The second-order valence-electron chi connectivity index (χ2n) is 6.37. The van der Waals surface area contributed by atoms with Crippen LogP contribution in [0.15, 0.2) is 30.3 Å². The third-order valence-electron chi connectivity index (χ3n) is 5.03. The zero-order chi connectivity index (χ0) is 13.5. The van der Waals surface area contributed by atoms with Crippen LogP contribution in [0.3, 0.4) is 0 Å². The molecule has 2 aliphatic rings. The molecule has 0 radical (unpaired) electrons. The summed E-state index contributed by atoms with van der Waals surface area (Å²) in [5.74, 6) is 1.66. The van der Waals surface area contributed by atoms with Gasteiger partial charge in [-0.2, -0.15) is 5.10 Å². The highest BCUT2D eigenvalue weighted by molar-refractivity contribution is 5.64. The van der Waals surface area contributed by atoms with E-state index >= 15 is 0 Å². The van der Waals surface area contributed by atoms with Crippen LogP contribution >= 0.6 is 0 Å². The van der Waals surface area contributed by atoms with Crippen molar-refractivity contribution in [2.24, 2.45) is 11.8 Å². The highest BCUT2D eigenvalue weighted by Gasteiger charge is 2.34. The lowest BCUT2D eigenvalue weighted by Gasteiger charge is -2.39. The van der Waals surface area contributed by atoms with Crippen LogP contribution in [0.1, 0.15) is 17.7 Å². The summed E-state index contributed by atoms with van der Waals surface area (Å²) >= 11 is 0. The summed E-state index contributed by atoms with van der Waals surface area (Å²) in [7, 11) is 2.25. The van der Waals surface area contributed by atoms with E-state index in [2.05, 4.69) is 52.5 Å². The molecule has 1 saturated heterocycles. The summed E-state index contributed by atoms with van der Waals surface area (Å²) < 4.78 is 0. The second-order valence-corrected chi connectivity index (χ2v) is 6.37. The Labute approximate surface area is 120 Å². The van der Waals surface area contributed by atoms with Crippen molar-refractivity contribution in [2.75, 3.05) is 20.1 Å². The maximum absolute atomic E-state index is 4.61. The predicted octanol–water partition coefficient (Wildman–Crippen LogP) is 2.74. The lowest BCUT2D eigenvalue weighted by molar-refractivity contribution is 0.134. The monoisotopic (exact) mass is 267 g/mol. The third-order valence-corrected chi connectivity index (χ3v) is 5.03. The van der Waals surface area contributed by atoms with E-state index in [1.165, 1.54) is 54.9 Å². The molecule has 0 unspecified atom stereocenters. The van der Waals surface area contributed by atoms with E-state index < -0.39 is 0 Å². The molecule has 104 valence electrons. The van der Waals surface area contributed by atoms with Crippen LogP contribution in [-0.2, 0) is 12.8 Å². The second kappa shape index (κ2) is 4.74. The van der Waals surface area contributed by atoms with Crippen LogP contribution in [0.5, 0.6) is 0 Å². The maximum Gasteiger partial charge on any atom is 0.0955 e. The summed E-state index contributed by atoms with van der Waals surface area (Å²) in [6, 6.07) is 10.6. The molecule has 4 rings (SSSR count). The summed E-state index contributed by atoms with van der Waals surface area (Å²) in [6.07, 6.45) is 3.71. The Kier molecular flexibility index (Phi) is 2.88. The van der Waals surface area contributed by atoms with Crippen molar-refractivity contribution in [3.05, 3.63) is 41.6 Å². The van der Waals surface area contributed by atoms with E-state index in [0.29, 0.717) is 0 Å². The van der Waals surface area contributed by atoms with E-state index in [1.54, 1.807) is 0 Å². The Balaban J connectivity index is 1.69. The van der Waals surface area contributed by atoms with Gasteiger partial charge in [-0.25, -0.2) is 0 Å². The van der Waals surface area contributed by atoms with Gasteiger partial charge in [-0.1, -0.05) is 30.3 Å². The highest BCUT2D eigenvalue weighted by Crippen LogP contribution is 2.38. The average molecular weight is 267 g/mol. The molecule has 0 amide bonds. The first kappa shape index (κ1) is 12.2. The maximum atomic E-state index is 4.61. The molecular formula is C17H21N3. The topological polar surface area (TPSA) is 31.9 Å². The Morgan fingerprint density at radius 2 is 2.00 bits per heavy atom. The van der Waals surface area contributed by atoms with Crippen LogP contribution in [0.2, 0.25) is 0 Å². The Morgan fingerprint density at radius 3 is 2.85 bits per heavy atom. The molecule has 1 aliphatic heterocycles. The molecule has 1 aliphatic carbocycles. The molecule has 3 heteroatoms. The summed E-state index contributed by atoms with van der Waals surface area (Å²) in [6.45, 7) is 2.49. The minimum absolute atomic E-state index is 0.807. The SMILES string of the molecule is CN1CC[C@@H]2Cc3[nH]nc(-c4ccccc4)c3C[C@H]2C1.